The van der Waals surface area contributed by atoms with Crippen molar-refractivity contribution in [2.45, 2.75) is 39.5 Å². The molecule has 0 unspecified atom stereocenters. The number of hydrogen-bond donors (Lipinski definition) is 2. The molecule has 0 aromatic heterocycles. The van der Waals surface area contributed by atoms with Crippen molar-refractivity contribution in [2.75, 3.05) is 19.0 Å². The summed E-state index contributed by atoms with van der Waals surface area (Å²) < 4.78 is 0. The molecule has 0 aliphatic carbocycles. The van der Waals surface area contributed by atoms with Gasteiger partial charge in [0.05, 0.1) is 6.42 Å². The van der Waals surface area contributed by atoms with Gasteiger partial charge in [-0.05, 0) is 12.8 Å². The summed E-state index contributed by atoms with van der Waals surface area (Å²) in [6, 6.07) is 0. The highest BCUT2D eigenvalue weighted by Crippen LogP contribution is 2.23. The van der Waals surface area contributed by atoms with Crippen LogP contribution < -0.4 is 0 Å². The molecular weight excluding hydrogens is 294 g/mol. The van der Waals surface area contributed by atoms with Crippen LogP contribution in [0.1, 0.15) is 39.5 Å². The van der Waals surface area contributed by atoms with E-state index in [1.165, 1.54) is 9.80 Å². The van der Waals surface area contributed by atoms with E-state index in [9.17, 15) is 14.7 Å². The van der Waals surface area contributed by atoms with Crippen LogP contribution in [0.15, 0.2) is 11.5 Å². The van der Waals surface area contributed by atoms with Crippen LogP contribution >= 0.6 is 11.6 Å². The van der Waals surface area contributed by atoms with E-state index in [2.05, 4.69) is 0 Å². The van der Waals surface area contributed by atoms with Gasteiger partial charge in [-0.25, -0.2) is 0 Å². The van der Waals surface area contributed by atoms with Crippen LogP contribution in [-0.4, -0.2) is 51.5 Å². The lowest BCUT2D eigenvalue weighted by Gasteiger charge is -2.34. The van der Waals surface area contributed by atoms with E-state index >= 15 is 0 Å². The molecule has 0 spiro atoms. The zero-order chi connectivity index (χ0) is 16.0. The van der Waals surface area contributed by atoms with Crippen molar-refractivity contribution in [3.63, 3.8) is 0 Å². The van der Waals surface area contributed by atoms with Crippen LogP contribution in [0.2, 0.25) is 0 Å². The largest absolute Gasteiger partial charge is 0.509 e. The Kier molecular flexibility index (Phi) is 6.68. The van der Waals surface area contributed by atoms with Crippen molar-refractivity contribution >= 4 is 29.3 Å². The highest BCUT2D eigenvalue weighted by Gasteiger charge is 2.34. The number of aliphatic hydroxyl groups excluding tert-OH is 1. The van der Waals surface area contributed by atoms with Crippen LogP contribution in [-0.2, 0) is 9.59 Å². The summed E-state index contributed by atoms with van der Waals surface area (Å²) in [6.45, 7) is 4.65. The number of amidine groups is 1. The molecule has 0 fully saturated rings. The fourth-order valence-corrected chi connectivity index (χ4v) is 2.35. The summed E-state index contributed by atoms with van der Waals surface area (Å²) in [5.74, 6) is -1.28. The number of unbranched alkanes of at least 4 members (excludes halogenated alkanes) is 1. The van der Waals surface area contributed by atoms with Crippen molar-refractivity contribution in [3.8, 4) is 0 Å². The Morgan fingerprint density at radius 3 is 2.62 bits per heavy atom. The van der Waals surface area contributed by atoms with Crippen LogP contribution in [0.5, 0.6) is 0 Å². The van der Waals surface area contributed by atoms with Gasteiger partial charge in [0.25, 0.3) is 0 Å². The maximum atomic E-state index is 12.0. The Morgan fingerprint density at radius 1 is 1.43 bits per heavy atom. The number of nitrogens with zero attached hydrogens (tertiary/aromatic N) is 2. The first-order valence-corrected chi connectivity index (χ1v) is 7.69. The third-order valence-corrected chi connectivity index (χ3v) is 3.48. The Morgan fingerprint density at radius 2 is 2.10 bits per heavy atom. The Bertz CT molecular complexity index is 462. The maximum Gasteiger partial charge on any atom is 0.242 e. The second-order valence-electron chi connectivity index (χ2n) is 4.90. The summed E-state index contributed by atoms with van der Waals surface area (Å²) in [5.41, 5.74) is 0.113. The molecule has 2 N–H and O–H groups in total. The number of halogens is 1. The highest BCUT2D eigenvalue weighted by molar-refractivity contribution is 6.27. The zero-order valence-corrected chi connectivity index (χ0v) is 13.2. The molecule has 0 aromatic carbocycles. The lowest BCUT2D eigenvalue weighted by Crippen LogP contribution is -2.48. The van der Waals surface area contributed by atoms with Gasteiger partial charge in [0, 0.05) is 13.1 Å². The molecule has 1 heterocycles. The second-order valence-corrected chi connectivity index (χ2v) is 5.17. The average Bonchev–Trinajstić information content (AvgIpc) is 2.45. The topological polar surface area (TPSA) is 84.7 Å². The monoisotopic (exact) mass is 315 g/mol. The summed E-state index contributed by atoms with van der Waals surface area (Å²) in [6.07, 6.45) is 2.11. The summed E-state index contributed by atoms with van der Waals surface area (Å²) in [4.78, 5) is 26.5. The molecule has 6 nitrogen and oxygen atoms in total. The SMILES string of the molecule is CCCCN(C(=O)CCl)C1=C(O)CC(=O)N(CCC)C1=N. The van der Waals surface area contributed by atoms with Crippen molar-refractivity contribution in [1.29, 1.82) is 5.41 Å². The van der Waals surface area contributed by atoms with Gasteiger partial charge in [0.1, 0.15) is 17.3 Å². The summed E-state index contributed by atoms with van der Waals surface area (Å²) in [7, 11) is 0. The lowest BCUT2D eigenvalue weighted by atomic mass is 10.1. The number of alkyl halides is 1. The van der Waals surface area contributed by atoms with E-state index in [0.717, 1.165) is 12.8 Å². The molecule has 1 rings (SSSR count). The number of amides is 2. The van der Waals surface area contributed by atoms with Gasteiger partial charge in [-0.15, -0.1) is 11.6 Å². The van der Waals surface area contributed by atoms with Crippen LogP contribution in [0, 0.1) is 5.41 Å². The quantitative estimate of drug-likeness (QED) is 0.707. The molecule has 7 heteroatoms. The van der Waals surface area contributed by atoms with E-state index in [1.54, 1.807) is 0 Å². The molecule has 1 aliphatic heterocycles. The van der Waals surface area contributed by atoms with Gasteiger partial charge in [-0.1, -0.05) is 20.3 Å². The fourth-order valence-electron chi connectivity index (χ4n) is 2.20. The smallest absolute Gasteiger partial charge is 0.242 e. The normalized spacial score (nSPS) is 15.7. The Labute approximate surface area is 129 Å². The molecule has 0 saturated heterocycles. The minimum absolute atomic E-state index is 0.113. The average molecular weight is 316 g/mol. The number of rotatable bonds is 7. The summed E-state index contributed by atoms with van der Waals surface area (Å²) in [5, 5.41) is 18.2. The second kappa shape index (κ2) is 8.02. The van der Waals surface area contributed by atoms with Crippen molar-refractivity contribution in [1.82, 2.24) is 9.80 Å². The molecule has 2 amide bonds. The Hall–Kier alpha value is -1.56. The standard InChI is InChI=1S/C14H22ClN3O3/c1-3-5-7-17(12(21)9-15)13-10(19)8-11(20)18(6-4-2)14(13)16/h16,19H,3-9H2,1-2H3. The molecule has 1 aliphatic rings. The zero-order valence-electron chi connectivity index (χ0n) is 12.5. The van der Waals surface area contributed by atoms with Gasteiger partial charge in [-0.2, -0.15) is 0 Å². The highest BCUT2D eigenvalue weighted by atomic mass is 35.5. The van der Waals surface area contributed by atoms with Crippen LogP contribution in [0.4, 0.5) is 0 Å². The van der Waals surface area contributed by atoms with E-state index in [0.29, 0.717) is 19.5 Å². The van der Waals surface area contributed by atoms with Gasteiger partial charge >= 0.3 is 0 Å². The number of hydrogen-bond acceptors (Lipinski definition) is 4. The lowest BCUT2D eigenvalue weighted by molar-refractivity contribution is -0.130. The van der Waals surface area contributed by atoms with Crippen LogP contribution in [0.3, 0.4) is 0 Å². The number of carbonyl (C=O) groups excluding carboxylic acids is 2. The van der Waals surface area contributed by atoms with Gasteiger partial charge in [0.2, 0.25) is 11.8 Å². The van der Waals surface area contributed by atoms with Crippen molar-refractivity contribution in [2.24, 2.45) is 0 Å². The minimum Gasteiger partial charge on any atom is -0.509 e. The Balaban J connectivity index is 3.14. The molecule has 118 valence electrons. The molecule has 0 saturated carbocycles. The molecule has 0 atom stereocenters. The van der Waals surface area contributed by atoms with Crippen LogP contribution in [0.25, 0.3) is 0 Å². The van der Waals surface area contributed by atoms with Gasteiger partial charge in [0.15, 0.2) is 5.84 Å². The molecule has 0 aromatic rings. The number of carbonyl (C=O) groups is 2. The predicted octanol–water partition coefficient (Wildman–Crippen LogP) is 2.24. The van der Waals surface area contributed by atoms with E-state index in [4.69, 9.17) is 17.0 Å². The van der Waals surface area contributed by atoms with E-state index in [-0.39, 0.29) is 41.4 Å². The van der Waals surface area contributed by atoms with Gasteiger partial charge in [-0.3, -0.25) is 19.9 Å². The number of aliphatic hydroxyl groups is 1. The van der Waals surface area contributed by atoms with Crippen molar-refractivity contribution in [3.05, 3.63) is 11.5 Å². The predicted molar refractivity (Wildman–Crippen MR) is 81.3 cm³/mol. The molecular formula is C14H22ClN3O3. The van der Waals surface area contributed by atoms with E-state index in [1.807, 2.05) is 13.8 Å². The minimum atomic E-state index is -0.373. The molecule has 0 radical (unpaired) electrons. The number of nitrogens with one attached hydrogen (secondary N) is 1. The van der Waals surface area contributed by atoms with E-state index < -0.39 is 0 Å². The fraction of sp³-hybridized carbons (Fsp3) is 0.643. The summed E-state index contributed by atoms with van der Waals surface area (Å²) >= 11 is 5.62. The van der Waals surface area contributed by atoms with Crippen molar-refractivity contribution < 1.29 is 14.7 Å². The first-order valence-electron chi connectivity index (χ1n) is 7.15. The molecule has 0 bridgehead atoms. The third-order valence-electron chi connectivity index (χ3n) is 3.26. The molecule has 21 heavy (non-hydrogen) atoms. The first-order chi connectivity index (χ1) is 9.97. The van der Waals surface area contributed by atoms with Gasteiger partial charge < -0.3 is 10.0 Å². The maximum absolute atomic E-state index is 12.0. The first kappa shape index (κ1) is 17.5. The third kappa shape index (κ3) is 3.97.